The van der Waals surface area contributed by atoms with E-state index in [4.69, 9.17) is 16.3 Å². The fourth-order valence-corrected chi connectivity index (χ4v) is 2.98. The molecule has 1 fully saturated rings. The molecule has 0 bridgehead atoms. The molecule has 1 aliphatic heterocycles. The molecule has 0 N–H and O–H groups in total. The third kappa shape index (κ3) is 3.37. The number of hydrogen-bond acceptors (Lipinski definition) is 4. The van der Waals surface area contributed by atoms with Crippen LogP contribution in [0.2, 0.25) is 0 Å². The third-order valence-corrected chi connectivity index (χ3v) is 3.39. The minimum absolute atomic E-state index is 0.204. The van der Waals surface area contributed by atoms with Gasteiger partial charge in [-0.25, -0.2) is 9.97 Å². The van der Waals surface area contributed by atoms with Crippen molar-refractivity contribution in [2.24, 2.45) is 0 Å². The second-order valence-electron chi connectivity index (χ2n) is 6.38. The summed E-state index contributed by atoms with van der Waals surface area (Å²) in [6, 6.07) is 0. The van der Waals surface area contributed by atoms with Crippen LogP contribution < -0.4 is 4.90 Å². The lowest BCUT2D eigenvalue weighted by molar-refractivity contribution is -0.133. The fraction of sp³-hybridized carbons (Fsp3) is 0.714. The highest BCUT2D eigenvalue weighted by atomic mass is 35.5. The second kappa shape index (κ2) is 4.91. The van der Waals surface area contributed by atoms with Crippen LogP contribution in [0.25, 0.3) is 0 Å². The van der Waals surface area contributed by atoms with E-state index in [-0.39, 0.29) is 11.2 Å². The summed E-state index contributed by atoms with van der Waals surface area (Å²) in [7, 11) is 0. The van der Waals surface area contributed by atoms with Gasteiger partial charge in [-0.3, -0.25) is 0 Å². The van der Waals surface area contributed by atoms with E-state index in [1.54, 1.807) is 0 Å². The Labute approximate surface area is 120 Å². The maximum absolute atomic E-state index is 6.10. The highest BCUT2D eigenvalue weighted by Crippen LogP contribution is 2.32. The van der Waals surface area contributed by atoms with Gasteiger partial charge in [-0.05, 0) is 34.6 Å². The lowest BCUT2D eigenvalue weighted by Crippen LogP contribution is -2.57. The summed E-state index contributed by atoms with van der Waals surface area (Å²) >= 11 is 6.01. The summed E-state index contributed by atoms with van der Waals surface area (Å²) in [5.74, 6) is 2.13. The molecule has 0 atom stereocenters. The average Bonchev–Trinajstić information content (AvgIpc) is 2.24. The molecule has 2 rings (SSSR count). The Balaban J connectivity index is 2.38. The van der Waals surface area contributed by atoms with Crippen LogP contribution >= 0.6 is 11.6 Å². The number of aromatic nitrogens is 2. The number of anilines is 1. The van der Waals surface area contributed by atoms with Gasteiger partial charge in [-0.1, -0.05) is 0 Å². The summed E-state index contributed by atoms with van der Waals surface area (Å²) in [4.78, 5) is 11.1. The topological polar surface area (TPSA) is 38.2 Å². The molecule has 0 aromatic carbocycles. The molecule has 1 aromatic heterocycles. The van der Waals surface area contributed by atoms with Crippen LogP contribution in [0.5, 0.6) is 0 Å². The number of morpholine rings is 1. The maximum Gasteiger partial charge on any atom is 0.136 e. The van der Waals surface area contributed by atoms with Gasteiger partial charge in [0.2, 0.25) is 0 Å². The Morgan fingerprint density at radius 1 is 1.26 bits per heavy atom. The molecule has 0 radical (unpaired) electrons. The summed E-state index contributed by atoms with van der Waals surface area (Å²) in [6.45, 7) is 11.9. The van der Waals surface area contributed by atoms with Crippen LogP contribution in [-0.4, -0.2) is 34.3 Å². The molecule has 1 aliphatic rings. The quantitative estimate of drug-likeness (QED) is 0.782. The first kappa shape index (κ1) is 14.5. The summed E-state index contributed by atoms with van der Waals surface area (Å²) < 4.78 is 6.10. The Morgan fingerprint density at radius 2 is 1.84 bits per heavy atom. The molecule has 0 spiro atoms. The van der Waals surface area contributed by atoms with Crippen molar-refractivity contribution >= 4 is 17.4 Å². The first-order valence-corrected chi connectivity index (χ1v) is 7.09. The molecule has 0 saturated carbocycles. The zero-order valence-corrected chi connectivity index (χ0v) is 13.1. The summed E-state index contributed by atoms with van der Waals surface area (Å²) in [5.41, 5.74) is 0.565. The lowest BCUT2D eigenvalue weighted by Gasteiger charge is -2.47. The molecule has 0 aliphatic carbocycles. The summed E-state index contributed by atoms with van der Waals surface area (Å²) in [5, 5.41) is 0. The fourth-order valence-electron chi connectivity index (χ4n) is 2.79. The number of hydrogen-bond donors (Lipinski definition) is 0. The van der Waals surface area contributed by atoms with Crippen molar-refractivity contribution in [1.29, 1.82) is 0 Å². The normalized spacial score (nSPS) is 21.5. The second-order valence-corrected chi connectivity index (χ2v) is 6.64. The number of rotatable bonds is 2. The average molecular weight is 284 g/mol. The van der Waals surface area contributed by atoms with Crippen molar-refractivity contribution in [3.8, 4) is 0 Å². The van der Waals surface area contributed by atoms with Crippen LogP contribution in [0.15, 0.2) is 6.20 Å². The van der Waals surface area contributed by atoms with Crippen molar-refractivity contribution in [1.82, 2.24) is 9.97 Å². The first-order chi connectivity index (χ1) is 8.72. The zero-order valence-electron chi connectivity index (χ0n) is 12.3. The van der Waals surface area contributed by atoms with Crippen LogP contribution in [0.4, 0.5) is 5.82 Å². The van der Waals surface area contributed by atoms with Crippen molar-refractivity contribution in [2.45, 2.75) is 51.7 Å². The predicted molar refractivity (Wildman–Crippen MR) is 77.8 cm³/mol. The van der Waals surface area contributed by atoms with Gasteiger partial charge in [0.1, 0.15) is 11.6 Å². The largest absolute Gasteiger partial charge is 0.366 e. The van der Waals surface area contributed by atoms with Gasteiger partial charge >= 0.3 is 0 Å². The standard InChI is InChI=1S/C14H22ClN3O/c1-10-16-7-11(6-15)12(17-10)18-8-13(2,3)19-14(4,5)9-18/h7H,6,8-9H2,1-5H3. The highest BCUT2D eigenvalue weighted by Gasteiger charge is 2.39. The van der Waals surface area contributed by atoms with E-state index < -0.39 is 0 Å². The third-order valence-electron chi connectivity index (χ3n) is 3.10. The maximum atomic E-state index is 6.10. The van der Waals surface area contributed by atoms with Gasteiger partial charge in [-0.15, -0.1) is 11.6 Å². The monoisotopic (exact) mass is 283 g/mol. The van der Waals surface area contributed by atoms with E-state index in [2.05, 4.69) is 42.6 Å². The Hall–Kier alpha value is -0.870. The van der Waals surface area contributed by atoms with Crippen molar-refractivity contribution in [3.05, 3.63) is 17.6 Å². The number of halogens is 1. The van der Waals surface area contributed by atoms with Crippen LogP contribution in [0.1, 0.15) is 39.1 Å². The number of aryl methyl sites for hydroxylation is 1. The molecule has 0 unspecified atom stereocenters. The van der Waals surface area contributed by atoms with Crippen molar-refractivity contribution in [3.63, 3.8) is 0 Å². The Kier molecular flexibility index (Phi) is 3.76. The zero-order chi connectivity index (χ0) is 14.3. The van der Waals surface area contributed by atoms with Gasteiger partial charge in [0.15, 0.2) is 0 Å². The van der Waals surface area contributed by atoms with E-state index in [0.29, 0.717) is 5.88 Å². The highest BCUT2D eigenvalue weighted by molar-refractivity contribution is 6.17. The van der Waals surface area contributed by atoms with Gasteiger partial charge in [0.25, 0.3) is 0 Å². The Morgan fingerprint density at radius 3 is 2.37 bits per heavy atom. The Bertz CT molecular complexity index is 458. The predicted octanol–water partition coefficient (Wildman–Crippen LogP) is 2.92. The van der Waals surface area contributed by atoms with Gasteiger partial charge in [0.05, 0.1) is 17.1 Å². The molecule has 106 valence electrons. The number of alkyl halides is 1. The van der Waals surface area contributed by atoms with Crippen molar-refractivity contribution in [2.75, 3.05) is 18.0 Å². The number of ether oxygens (including phenoxy) is 1. The minimum atomic E-state index is -0.204. The molecule has 0 amide bonds. The van der Waals surface area contributed by atoms with Crippen LogP contribution in [0, 0.1) is 6.92 Å². The molecular weight excluding hydrogens is 262 g/mol. The molecule has 19 heavy (non-hydrogen) atoms. The molecule has 5 heteroatoms. The first-order valence-electron chi connectivity index (χ1n) is 6.56. The molecule has 1 aromatic rings. The van der Waals surface area contributed by atoms with Gasteiger partial charge in [0, 0.05) is 24.8 Å². The molecular formula is C14H22ClN3O. The van der Waals surface area contributed by atoms with E-state index >= 15 is 0 Å². The number of nitrogens with zero attached hydrogens (tertiary/aromatic N) is 3. The SMILES string of the molecule is Cc1ncc(CCl)c(N2CC(C)(C)OC(C)(C)C2)n1. The molecule has 1 saturated heterocycles. The van der Waals surface area contributed by atoms with E-state index in [9.17, 15) is 0 Å². The molecule has 4 nitrogen and oxygen atoms in total. The lowest BCUT2D eigenvalue weighted by atomic mass is 9.98. The van der Waals surface area contributed by atoms with Gasteiger partial charge in [-0.2, -0.15) is 0 Å². The minimum Gasteiger partial charge on any atom is -0.366 e. The van der Waals surface area contributed by atoms with E-state index in [1.165, 1.54) is 0 Å². The van der Waals surface area contributed by atoms with Crippen LogP contribution in [-0.2, 0) is 10.6 Å². The van der Waals surface area contributed by atoms with Crippen molar-refractivity contribution < 1.29 is 4.74 Å². The van der Waals surface area contributed by atoms with Crippen LogP contribution in [0.3, 0.4) is 0 Å². The van der Waals surface area contributed by atoms with E-state index in [0.717, 1.165) is 30.3 Å². The smallest absolute Gasteiger partial charge is 0.136 e. The summed E-state index contributed by atoms with van der Waals surface area (Å²) in [6.07, 6.45) is 1.82. The molecule has 2 heterocycles. The van der Waals surface area contributed by atoms with Gasteiger partial charge < -0.3 is 9.64 Å². The van der Waals surface area contributed by atoms with E-state index in [1.807, 2.05) is 13.1 Å².